The molecule has 0 spiro atoms. The lowest BCUT2D eigenvalue weighted by Crippen LogP contribution is -2.43. The number of allylic oxidation sites excluding steroid dienone is 1. The maximum Gasteiger partial charge on any atom is 0.320 e. The number of benzene rings is 1. The van der Waals surface area contributed by atoms with Crippen LogP contribution in [-0.2, 0) is 19.5 Å². The molecule has 1 atom stereocenters. The van der Waals surface area contributed by atoms with Gasteiger partial charge < -0.3 is 14.9 Å². The molecule has 0 bridgehead atoms. The van der Waals surface area contributed by atoms with Gasteiger partial charge in [-0.15, -0.1) is 0 Å². The van der Waals surface area contributed by atoms with Crippen molar-refractivity contribution in [2.45, 2.75) is 32.5 Å². The molecule has 1 aromatic carbocycles. The number of hydrogen-bond donors (Lipinski definition) is 1. The van der Waals surface area contributed by atoms with Gasteiger partial charge in [0.15, 0.2) is 0 Å². The Hall–Kier alpha value is -2.70. The van der Waals surface area contributed by atoms with Gasteiger partial charge in [0.1, 0.15) is 0 Å². The van der Waals surface area contributed by atoms with E-state index in [1.165, 1.54) is 11.1 Å². The van der Waals surface area contributed by atoms with Crippen molar-refractivity contribution in [3.63, 3.8) is 0 Å². The number of β-amino-alcohol motifs (C(OH)–C–C–N with tert-alkyl or cyclic N) is 1. The number of aliphatic hydroxyl groups is 1. The molecule has 2 aliphatic rings. The molecular weight excluding hydrogens is 376 g/mol. The minimum atomic E-state index is -0.546. The van der Waals surface area contributed by atoms with Crippen molar-refractivity contribution in [3.8, 4) is 0 Å². The number of carbonyl (C=O) groups is 1. The third kappa shape index (κ3) is 4.71. The lowest BCUT2D eigenvalue weighted by atomic mass is 10.00. The second-order valence-electron chi connectivity index (χ2n) is 8.39. The molecule has 1 aromatic heterocycles. The van der Waals surface area contributed by atoms with E-state index < -0.39 is 6.10 Å². The van der Waals surface area contributed by atoms with Gasteiger partial charge in [0.25, 0.3) is 0 Å². The predicted molar refractivity (Wildman–Crippen MR) is 118 cm³/mol. The van der Waals surface area contributed by atoms with Gasteiger partial charge in [0.05, 0.1) is 11.8 Å². The van der Waals surface area contributed by atoms with Crippen LogP contribution in [0.4, 0.5) is 4.79 Å². The van der Waals surface area contributed by atoms with Crippen LogP contribution in [0.5, 0.6) is 0 Å². The molecule has 1 saturated heterocycles. The second kappa shape index (κ2) is 8.98. The molecule has 158 valence electrons. The highest BCUT2D eigenvalue weighted by Gasteiger charge is 2.30. The van der Waals surface area contributed by atoms with Gasteiger partial charge in [-0.05, 0) is 41.7 Å². The van der Waals surface area contributed by atoms with Crippen LogP contribution in [0.1, 0.15) is 29.3 Å². The van der Waals surface area contributed by atoms with Crippen LogP contribution in [0.25, 0.3) is 5.57 Å². The number of urea groups is 1. The number of amides is 2. The first-order chi connectivity index (χ1) is 14.5. The molecular formula is C24H30N4O2. The monoisotopic (exact) mass is 406 g/mol. The Morgan fingerprint density at radius 3 is 2.60 bits per heavy atom. The zero-order valence-corrected chi connectivity index (χ0v) is 17.6. The molecule has 2 aromatic rings. The smallest absolute Gasteiger partial charge is 0.320 e. The number of aromatic nitrogens is 1. The zero-order chi connectivity index (χ0) is 21.1. The summed E-state index contributed by atoms with van der Waals surface area (Å²) < 4.78 is 0. The molecule has 2 aliphatic heterocycles. The summed E-state index contributed by atoms with van der Waals surface area (Å²) in [4.78, 5) is 23.0. The number of pyridine rings is 1. The highest BCUT2D eigenvalue weighted by Crippen LogP contribution is 2.19. The lowest BCUT2D eigenvalue weighted by Gasteiger charge is -2.31. The van der Waals surface area contributed by atoms with E-state index in [9.17, 15) is 9.90 Å². The molecule has 0 aliphatic carbocycles. The number of nitrogens with zero attached hydrogens (tertiary/aromatic N) is 4. The fourth-order valence-electron chi connectivity index (χ4n) is 4.26. The molecule has 0 radical (unpaired) electrons. The van der Waals surface area contributed by atoms with Crippen molar-refractivity contribution >= 4 is 11.6 Å². The average molecular weight is 407 g/mol. The Bertz CT molecular complexity index is 912. The molecule has 6 heteroatoms. The van der Waals surface area contributed by atoms with E-state index in [1.54, 1.807) is 4.90 Å². The summed E-state index contributed by atoms with van der Waals surface area (Å²) >= 11 is 0. The van der Waals surface area contributed by atoms with Gasteiger partial charge in [-0.1, -0.05) is 36.9 Å². The van der Waals surface area contributed by atoms with E-state index in [-0.39, 0.29) is 6.03 Å². The van der Waals surface area contributed by atoms with Crippen LogP contribution in [0.15, 0.2) is 49.2 Å². The molecule has 30 heavy (non-hydrogen) atoms. The largest absolute Gasteiger partial charge is 0.390 e. The minimum Gasteiger partial charge on any atom is -0.390 e. The summed E-state index contributed by atoms with van der Waals surface area (Å²) in [7, 11) is 0. The summed E-state index contributed by atoms with van der Waals surface area (Å²) in [5.41, 5.74) is 5.54. The standard InChI is InChI=1S/C24H30N4O2/c1-18(2)23-8-7-19(13-25-23)14-27-11-12-28(24(27)30)17-22(29)16-26-10-9-20-5-3-4-6-21(20)15-26/h3-8,13,22,29H,1,9-12,14-17H2,2H3. The van der Waals surface area contributed by atoms with Crippen LogP contribution in [0.3, 0.4) is 0 Å². The average Bonchev–Trinajstić information content (AvgIpc) is 3.07. The third-order valence-corrected chi connectivity index (χ3v) is 5.93. The topological polar surface area (TPSA) is 59.9 Å². The van der Waals surface area contributed by atoms with Crippen molar-refractivity contribution < 1.29 is 9.90 Å². The second-order valence-corrected chi connectivity index (χ2v) is 8.39. The quantitative estimate of drug-likeness (QED) is 0.768. The number of rotatable bonds is 7. The highest BCUT2D eigenvalue weighted by atomic mass is 16.3. The van der Waals surface area contributed by atoms with Crippen LogP contribution in [0, 0.1) is 0 Å². The van der Waals surface area contributed by atoms with Gasteiger partial charge in [0.2, 0.25) is 0 Å². The SMILES string of the molecule is C=C(C)c1ccc(CN2CCN(CC(O)CN3CCc4ccccc4C3)C2=O)cn1. The first kappa shape index (κ1) is 20.6. The molecule has 2 amide bonds. The van der Waals surface area contributed by atoms with Crippen LogP contribution in [-0.4, -0.2) is 69.6 Å². The summed E-state index contributed by atoms with van der Waals surface area (Å²) in [6.07, 6.45) is 2.27. The van der Waals surface area contributed by atoms with E-state index in [0.29, 0.717) is 32.7 Å². The van der Waals surface area contributed by atoms with Crippen LogP contribution < -0.4 is 0 Å². The number of fused-ring (bicyclic) bond motifs is 1. The highest BCUT2D eigenvalue weighted by molar-refractivity contribution is 5.76. The van der Waals surface area contributed by atoms with Gasteiger partial charge in [0, 0.05) is 52.0 Å². The van der Waals surface area contributed by atoms with Gasteiger partial charge >= 0.3 is 6.03 Å². The number of carbonyl (C=O) groups excluding carboxylic acids is 1. The molecule has 1 N–H and O–H groups in total. The van der Waals surface area contributed by atoms with Crippen LogP contribution >= 0.6 is 0 Å². The first-order valence-corrected chi connectivity index (χ1v) is 10.6. The molecule has 1 fully saturated rings. The Labute approximate surface area is 178 Å². The van der Waals surface area contributed by atoms with Gasteiger partial charge in [-0.2, -0.15) is 0 Å². The number of aliphatic hydroxyl groups excluding tert-OH is 1. The molecule has 6 nitrogen and oxygen atoms in total. The molecule has 1 unspecified atom stereocenters. The van der Waals surface area contributed by atoms with Crippen molar-refractivity contribution in [3.05, 3.63) is 71.6 Å². The lowest BCUT2D eigenvalue weighted by molar-refractivity contribution is 0.0812. The maximum absolute atomic E-state index is 12.8. The van der Waals surface area contributed by atoms with E-state index in [1.807, 2.05) is 30.2 Å². The third-order valence-electron chi connectivity index (χ3n) is 5.93. The molecule has 3 heterocycles. The molecule has 4 rings (SSSR count). The van der Waals surface area contributed by atoms with Gasteiger partial charge in [-0.3, -0.25) is 9.88 Å². The molecule has 0 saturated carbocycles. The van der Waals surface area contributed by atoms with Crippen molar-refractivity contribution in [1.29, 1.82) is 0 Å². The Morgan fingerprint density at radius 1 is 1.10 bits per heavy atom. The van der Waals surface area contributed by atoms with Crippen molar-refractivity contribution in [1.82, 2.24) is 19.7 Å². The summed E-state index contributed by atoms with van der Waals surface area (Å²) in [5, 5.41) is 10.6. The summed E-state index contributed by atoms with van der Waals surface area (Å²) in [5.74, 6) is 0. The van der Waals surface area contributed by atoms with Gasteiger partial charge in [-0.25, -0.2) is 4.79 Å². The van der Waals surface area contributed by atoms with E-state index in [4.69, 9.17) is 0 Å². The van der Waals surface area contributed by atoms with E-state index >= 15 is 0 Å². The Balaban J connectivity index is 1.27. The van der Waals surface area contributed by atoms with E-state index in [2.05, 4.69) is 40.7 Å². The summed E-state index contributed by atoms with van der Waals surface area (Å²) in [6.45, 7) is 10.5. The van der Waals surface area contributed by atoms with Crippen molar-refractivity contribution in [2.75, 3.05) is 32.7 Å². The van der Waals surface area contributed by atoms with Crippen molar-refractivity contribution in [2.24, 2.45) is 0 Å². The maximum atomic E-state index is 12.8. The fraction of sp³-hybridized carbons (Fsp3) is 0.417. The van der Waals surface area contributed by atoms with Crippen LogP contribution in [0.2, 0.25) is 0 Å². The van der Waals surface area contributed by atoms with E-state index in [0.717, 1.165) is 36.3 Å². The summed E-state index contributed by atoms with van der Waals surface area (Å²) in [6, 6.07) is 12.4. The predicted octanol–water partition coefficient (Wildman–Crippen LogP) is 2.77. The Kier molecular flexibility index (Phi) is 6.16. The zero-order valence-electron chi connectivity index (χ0n) is 17.6. The first-order valence-electron chi connectivity index (χ1n) is 10.6. The number of hydrogen-bond acceptors (Lipinski definition) is 4. The minimum absolute atomic E-state index is 0.0120. The Morgan fingerprint density at radius 2 is 1.87 bits per heavy atom. The normalized spacial score (nSPS) is 17.9. The fourth-order valence-corrected chi connectivity index (χ4v) is 4.26.